The van der Waals surface area contributed by atoms with E-state index in [0.29, 0.717) is 11.3 Å². The molecule has 0 N–H and O–H groups in total. The Morgan fingerprint density at radius 2 is 2.05 bits per heavy atom. The fraction of sp³-hybridized carbons (Fsp3) is 0.333. The van der Waals surface area contributed by atoms with Gasteiger partial charge in [-0.15, -0.1) is 0 Å². The molecular weight excluding hydrogens is 344 g/mol. The molecule has 3 rings (SSSR count). The van der Waals surface area contributed by atoms with Gasteiger partial charge in [0.1, 0.15) is 22.1 Å². The quantitative estimate of drug-likeness (QED) is 0.704. The van der Waals surface area contributed by atoms with Crippen molar-refractivity contribution in [1.29, 1.82) is 5.26 Å². The molecule has 0 fully saturated rings. The third kappa shape index (κ3) is 2.62. The molecule has 3 heterocycles. The smallest absolute Gasteiger partial charge is 0.162 e. The third-order valence-corrected chi connectivity index (χ3v) is 3.74. The van der Waals surface area contributed by atoms with Crippen LogP contribution < -0.4 is 0 Å². The lowest BCUT2D eigenvalue weighted by molar-refractivity contribution is 0.345. The number of nitriles is 1. The lowest BCUT2D eigenvalue weighted by Gasteiger charge is -2.20. The summed E-state index contributed by atoms with van der Waals surface area (Å²) in [4.78, 5) is 8.50. The molecule has 0 bridgehead atoms. The number of aromatic nitrogens is 5. The van der Waals surface area contributed by atoms with Crippen LogP contribution in [0, 0.1) is 16.7 Å². The molecule has 3 aromatic rings. The third-order valence-electron chi connectivity index (χ3n) is 3.16. The van der Waals surface area contributed by atoms with E-state index in [4.69, 9.17) is 5.26 Å². The van der Waals surface area contributed by atoms with E-state index in [2.05, 4.69) is 62.4 Å². The zero-order valence-electron chi connectivity index (χ0n) is 12.6. The summed E-state index contributed by atoms with van der Waals surface area (Å²) in [6.45, 7) is 7.33. The molecule has 0 atom stereocenters. The van der Waals surface area contributed by atoms with Gasteiger partial charge in [-0.3, -0.25) is 0 Å². The second kappa shape index (κ2) is 5.21. The van der Waals surface area contributed by atoms with E-state index < -0.39 is 0 Å². The van der Waals surface area contributed by atoms with Crippen LogP contribution in [0.1, 0.15) is 26.5 Å². The van der Waals surface area contributed by atoms with Gasteiger partial charge in [-0.25, -0.2) is 14.5 Å². The Kier molecular flexibility index (Phi) is 3.49. The van der Waals surface area contributed by atoms with Crippen LogP contribution in [-0.2, 0) is 6.54 Å². The van der Waals surface area contributed by atoms with Gasteiger partial charge in [-0.1, -0.05) is 20.8 Å². The lowest BCUT2D eigenvalue weighted by Crippen LogP contribution is -2.16. The highest BCUT2D eigenvalue weighted by atomic mass is 79.9. The minimum atomic E-state index is 0.117. The van der Waals surface area contributed by atoms with Crippen LogP contribution >= 0.6 is 15.9 Å². The van der Waals surface area contributed by atoms with E-state index in [-0.39, 0.29) is 5.41 Å². The fourth-order valence-electron chi connectivity index (χ4n) is 2.32. The topological polar surface area (TPSA) is 71.8 Å². The number of rotatable bonds is 2. The molecule has 0 amide bonds. The number of imidazole rings is 2. The Balaban J connectivity index is 2.15. The van der Waals surface area contributed by atoms with Crippen molar-refractivity contribution in [3.8, 4) is 17.5 Å². The van der Waals surface area contributed by atoms with Gasteiger partial charge in [-0.05, 0) is 33.5 Å². The molecular formula is C15H15BrN6. The summed E-state index contributed by atoms with van der Waals surface area (Å²) in [5.41, 5.74) is 2.82. The molecule has 7 heteroatoms. The molecule has 0 aliphatic heterocycles. The summed E-state index contributed by atoms with van der Waals surface area (Å²) in [6, 6.07) is 5.84. The molecule has 0 unspecified atom stereocenters. The molecule has 0 radical (unpaired) electrons. The van der Waals surface area contributed by atoms with Gasteiger partial charge in [0.2, 0.25) is 0 Å². The number of hydrogen-bond acceptors (Lipinski definition) is 4. The van der Waals surface area contributed by atoms with Crippen molar-refractivity contribution in [2.24, 2.45) is 5.41 Å². The monoisotopic (exact) mass is 358 g/mol. The van der Waals surface area contributed by atoms with Crippen molar-refractivity contribution >= 4 is 21.6 Å². The number of hydrogen-bond donors (Lipinski definition) is 0. The van der Waals surface area contributed by atoms with Crippen molar-refractivity contribution in [3.05, 3.63) is 35.0 Å². The molecule has 3 aromatic heterocycles. The molecule has 0 spiro atoms. The SMILES string of the molecule is CC(C)(C)Cn1cnc(Br)c1-c1ccc2ncc(C#N)n2n1. The second-order valence-electron chi connectivity index (χ2n) is 6.32. The highest BCUT2D eigenvalue weighted by molar-refractivity contribution is 9.10. The van der Waals surface area contributed by atoms with Gasteiger partial charge >= 0.3 is 0 Å². The maximum absolute atomic E-state index is 9.13. The van der Waals surface area contributed by atoms with Crippen molar-refractivity contribution in [2.45, 2.75) is 27.3 Å². The van der Waals surface area contributed by atoms with Crippen LogP contribution in [-0.4, -0.2) is 24.1 Å². The van der Waals surface area contributed by atoms with Crippen molar-refractivity contribution < 1.29 is 0 Å². The van der Waals surface area contributed by atoms with E-state index in [1.54, 1.807) is 10.8 Å². The molecule has 0 saturated heterocycles. The Hall–Kier alpha value is -2.20. The minimum absolute atomic E-state index is 0.117. The molecule has 112 valence electrons. The standard InChI is InChI=1S/C15H15BrN6/c1-15(2,3)8-21-9-19-14(16)13(21)11-4-5-12-18-7-10(6-17)22(12)20-11/h4-5,7,9H,8H2,1-3H3. The minimum Gasteiger partial charge on any atom is -0.328 e. The predicted octanol–water partition coefficient (Wildman–Crippen LogP) is 3.27. The number of halogens is 1. The summed E-state index contributed by atoms with van der Waals surface area (Å²) in [5.74, 6) is 0. The van der Waals surface area contributed by atoms with E-state index in [1.165, 1.54) is 6.20 Å². The maximum atomic E-state index is 9.13. The average Bonchev–Trinajstić information content (AvgIpc) is 3.00. The van der Waals surface area contributed by atoms with Gasteiger partial charge in [0.05, 0.1) is 12.5 Å². The van der Waals surface area contributed by atoms with Crippen LogP contribution in [0.25, 0.3) is 17.0 Å². The summed E-state index contributed by atoms with van der Waals surface area (Å²) < 4.78 is 4.36. The molecule has 6 nitrogen and oxygen atoms in total. The lowest BCUT2D eigenvalue weighted by atomic mass is 9.97. The second-order valence-corrected chi connectivity index (χ2v) is 7.07. The highest BCUT2D eigenvalue weighted by Gasteiger charge is 2.19. The van der Waals surface area contributed by atoms with Crippen molar-refractivity contribution in [1.82, 2.24) is 24.1 Å². The summed E-state index contributed by atoms with van der Waals surface area (Å²) in [5, 5.41) is 13.7. The van der Waals surface area contributed by atoms with Crippen LogP contribution in [0.2, 0.25) is 0 Å². The van der Waals surface area contributed by atoms with Crippen LogP contribution in [0.4, 0.5) is 0 Å². The summed E-state index contributed by atoms with van der Waals surface area (Å²) in [7, 11) is 0. The maximum Gasteiger partial charge on any atom is 0.162 e. The van der Waals surface area contributed by atoms with E-state index in [0.717, 1.165) is 22.5 Å². The predicted molar refractivity (Wildman–Crippen MR) is 86.1 cm³/mol. The van der Waals surface area contributed by atoms with Crippen LogP contribution in [0.15, 0.2) is 29.3 Å². The van der Waals surface area contributed by atoms with Crippen molar-refractivity contribution in [2.75, 3.05) is 0 Å². The van der Waals surface area contributed by atoms with E-state index in [9.17, 15) is 0 Å². The van der Waals surface area contributed by atoms with Crippen LogP contribution in [0.3, 0.4) is 0 Å². The molecule has 0 aromatic carbocycles. The highest BCUT2D eigenvalue weighted by Crippen LogP contribution is 2.29. The molecule has 0 aliphatic rings. The Morgan fingerprint density at radius 1 is 1.27 bits per heavy atom. The first kappa shape index (κ1) is 14.7. The first-order valence-corrected chi connectivity index (χ1v) is 7.64. The number of nitrogens with zero attached hydrogens (tertiary/aromatic N) is 6. The van der Waals surface area contributed by atoms with E-state index in [1.807, 2.05) is 12.1 Å². The summed E-state index contributed by atoms with van der Waals surface area (Å²) >= 11 is 3.49. The van der Waals surface area contributed by atoms with Gasteiger partial charge in [-0.2, -0.15) is 10.4 Å². The van der Waals surface area contributed by atoms with Gasteiger partial charge in [0, 0.05) is 6.54 Å². The fourth-order valence-corrected chi connectivity index (χ4v) is 2.84. The first-order valence-electron chi connectivity index (χ1n) is 6.85. The molecule has 0 aliphatic carbocycles. The molecule has 0 saturated carbocycles. The van der Waals surface area contributed by atoms with Gasteiger partial charge in [0.25, 0.3) is 0 Å². The largest absolute Gasteiger partial charge is 0.328 e. The summed E-state index contributed by atoms with van der Waals surface area (Å²) in [6.07, 6.45) is 3.32. The zero-order valence-corrected chi connectivity index (χ0v) is 14.2. The first-order chi connectivity index (χ1) is 10.4. The molecule has 22 heavy (non-hydrogen) atoms. The average molecular weight is 359 g/mol. The zero-order chi connectivity index (χ0) is 15.9. The number of fused-ring (bicyclic) bond motifs is 1. The van der Waals surface area contributed by atoms with Gasteiger partial charge in [0.15, 0.2) is 11.3 Å². The Bertz CT molecular complexity index is 878. The van der Waals surface area contributed by atoms with E-state index >= 15 is 0 Å². The Morgan fingerprint density at radius 3 is 2.73 bits per heavy atom. The Labute approximate surface area is 136 Å². The van der Waals surface area contributed by atoms with Crippen molar-refractivity contribution in [3.63, 3.8) is 0 Å². The van der Waals surface area contributed by atoms with Crippen LogP contribution in [0.5, 0.6) is 0 Å². The van der Waals surface area contributed by atoms with Gasteiger partial charge < -0.3 is 4.57 Å². The normalized spacial score (nSPS) is 11.8.